The van der Waals surface area contributed by atoms with Gasteiger partial charge in [-0.3, -0.25) is 0 Å². The van der Waals surface area contributed by atoms with Gasteiger partial charge in [-0.1, -0.05) is 0 Å². The third kappa shape index (κ3) is 2.67. The number of nitrogens with two attached hydrogens (primary N) is 1. The summed E-state index contributed by atoms with van der Waals surface area (Å²) in [5.74, 6) is 0.408. The molecule has 0 radical (unpaired) electrons. The second kappa shape index (κ2) is 4.72. The highest BCUT2D eigenvalue weighted by molar-refractivity contribution is 5.66. The first-order valence-electron chi connectivity index (χ1n) is 5.14. The van der Waals surface area contributed by atoms with Gasteiger partial charge in [-0.25, -0.2) is 10.6 Å². The molecule has 1 aliphatic heterocycles. The van der Waals surface area contributed by atoms with Crippen molar-refractivity contribution in [1.29, 1.82) is 5.41 Å². The van der Waals surface area contributed by atoms with Gasteiger partial charge in [0, 0.05) is 19.4 Å². The summed E-state index contributed by atoms with van der Waals surface area (Å²) < 4.78 is -0.393. The van der Waals surface area contributed by atoms with Crippen LogP contribution < -0.4 is 5.73 Å². The van der Waals surface area contributed by atoms with Crippen LogP contribution in [0.25, 0.3) is 0 Å². The second-order valence-electron chi connectivity index (χ2n) is 4.06. The number of likely N-dealkylation sites (tertiary alicyclic amines) is 1. The van der Waals surface area contributed by atoms with Gasteiger partial charge in [0.2, 0.25) is 0 Å². The summed E-state index contributed by atoms with van der Waals surface area (Å²) in [4.78, 5) is 0. The standard InChI is InChI=1S/C9H20N3O2/c10-9(11)12(14)5-3-8(4-6-12)2-1-7-13/h8,13-14H,1-7H2,(H3,10,11)/q+1. The Morgan fingerprint density at radius 3 is 2.43 bits per heavy atom. The Morgan fingerprint density at radius 2 is 2.00 bits per heavy atom. The molecule has 0 spiro atoms. The summed E-state index contributed by atoms with van der Waals surface area (Å²) in [7, 11) is 0. The van der Waals surface area contributed by atoms with Crippen LogP contribution >= 0.6 is 0 Å². The average molecular weight is 202 g/mol. The summed E-state index contributed by atoms with van der Waals surface area (Å²) in [6, 6.07) is 0. The number of aliphatic hydroxyl groups excluding tert-OH is 1. The molecule has 1 fully saturated rings. The molecule has 5 N–H and O–H groups in total. The molecule has 0 aromatic heterocycles. The Hall–Kier alpha value is -0.650. The molecule has 82 valence electrons. The van der Waals surface area contributed by atoms with Crippen LogP contribution in [0.2, 0.25) is 0 Å². The maximum Gasteiger partial charge on any atom is 0.325 e. The molecule has 14 heavy (non-hydrogen) atoms. The van der Waals surface area contributed by atoms with E-state index in [2.05, 4.69) is 0 Å². The molecule has 5 nitrogen and oxygen atoms in total. The Morgan fingerprint density at radius 1 is 1.43 bits per heavy atom. The maximum absolute atomic E-state index is 9.83. The fourth-order valence-corrected chi connectivity index (χ4v) is 1.96. The van der Waals surface area contributed by atoms with Gasteiger partial charge >= 0.3 is 5.96 Å². The second-order valence-corrected chi connectivity index (χ2v) is 4.06. The molecule has 0 amide bonds. The van der Waals surface area contributed by atoms with Crippen LogP contribution in [0.5, 0.6) is 0 Å². The molecule has 0 saturated carbocycles. The molecule has 1 saturated heterocycles. The number of aliphatic hydroxyl groups is 1. The van der Waals surface area contributed by atoms with E-state index in [0.29, 0.717) is 19.0 Å². The highest BCUT2D eigenvalue weighted by Crippen LogP contribution is 2.24. The Bertz CT molecular complexity index is 200. The summed E-state index contributed by atoms with van der Waals surface area (Å²) in [6.07, 6.45) is 3.61. The Labute approximate surface area is 84.2 Å². The topological polar surface area (TPSA) is 90.3 Å². The first kappa shape index (κ1) is 11.4. The summed E-state index contributed by atoms with van der Waals surface area (Å²) >= 11 is 0. The zero-order chi connectivity index (χ0) is 10.6. The lowest BCUT2D eigenvalue weighted by Crippen LogP contribution is -2.57. The van der Waals surface area contributed by atoms with Crippen LogP contribution in [-0.4, -0.2) is 40.6 Å². The highest BCUT2D eigenvalue weighted by Gasteiger charge is 2.36. The number of hydrogen-bond donors (Lipinski definition) is 4. The number of nitrogens with zero attached hydrogens (tertiary/aromatic N) is 1. The molecular weight excluding hydrogens is 182 g/mol. The third-order valence-corrected chi connectivity index (χ3v) is 3.03. The van der Waals surface area contributed by atoms with Gasteiger partial charge in [-0.05, 0) is 18.8 Å². The molecule has 0 atom stereocenters. The minimum absolute atomic E-state index is 0.161. The quantitative estimate of drug-likeness (QED) is 0.301. The Kier molecular flexibility index (Phi) is 3.86. The van der Waals surface area contributed by atoms with E-state index in [0.717, 1.165) is 25.7 Å². The van der Waals surface area contributed by atoms with Gasteiger partial charge in [-0.15, -0.1) is 4.65 Å². The lowest BCUT2D eigenvalue weighted by molar-refractivity contribution is -1.04. The van der Waals surface area contributed by atoms with Crippen LogP contribution in [-0.2, 0) is 0 Å². The molecule has 0 aromatic rings. The van der Waals surface area contributed by atoms with Gasteiger partial charge in [0.1, 0.15) is 13.1 Å². The number of hydroxylamine groups is 3. The average Bonchev–Trinajstić information content (AvgIpc) is 2.17. The van der Waals surface area contributed by atoms with Crippen molar-refractivity contribution in [2.45, 2.75) is 25.7 Å². The van der Waals surface area contributed by atoms with Gasteiger partial charge in [-0.2, -0.15) is 0 Å². The Balaban J connectivity index is 2.34. The van der Waals surface area contributed by atoms with Crippen molar-refractivity contribution in [3.63, 3.8) is 0 Å². The zero-order valence-electron chi connectivity index (χ0n) is 8.45. The monoisotopic (exact) mass is 202 g/mol. The first-order chi connectivity index (χ1) is 6.58. The fourth-order valence-electron chi connectivity index (χ4n) is 1.96. The lowest BCUT2D eigenvalue weighted by atomic mass is 9.92. The van der Waals surface area contributed by atoms with E-state index < -0.39 is 4.65 Å². The van der Waals surface area contributed by atoms with E-state index in [1.165, 1.54) is 0 Å². The maximum atomic E-state index is 9.83. The van der Waals surface area contributed by atoms with Crippen molar-refractivity contribution in [3.05, 3.63) is 0 Å². The largest absolute Gasteiger partial charge is 0.396 e. The molecular formula is C9H20N3O2+. The highest BCUT2D eigenvalue weighted by atomic mass is 16.5. The van der Waals surface area contributed by atoms with Crippen molar-refractivity contribution in [2.75, 3.05) is 19.7 Å². The smallest absolute Gasteiger partial charge is 0.325 e. The van der Waals surface area contributed by atoms with E-state index in [1.54, 1.807) is 0 Å². The van der Waals surface area contributed by atoms with Crippen molar-refractivity contribution >= 4 is 5.96 Å². The van der Waals surface area contributed by atoms with E-state index in [1.807, 2.05) is 0 Å². The predicted molar refractivity (Wildman–Crippen MR) is 52.7 cm³/mol. The SMILES string of the molecule is N=C(N)[N+]1(O)CCC(CCCO)CC1. The fraction of sp³-hybridized carbons (Fsp3) is 0.889. The summed E-state index contributed by atoms with van der Waals surface area (Å²) in [6.45, 7) is 1.30. The molecule has 1 rings (SSSR count). The van der Waals surface area contributed by atoms with Crippen LogP contribution in [0.1, 0.15) is 25.7 Å². The van der Waals surface area contributed by atoms with Crippen LogP contribution in [0.4, 0.5) is 0 Å². The number of hydrogen-bond acceptors (Lipinski definition) is 3. The summed E-state index contributed by atoms with van der Waals surface area (Å²) in [5, 5.41) is 25.8. The molecule has 0 aromatic carbocycles. The van der Waals surface area contributed by atoms with Crippen LogP contribution in [0.15, 0.2) is 0 Å². The van der Waals surface area contributed by atoms with Gasteiger partial charge < -0.3 is 10.8 Å². The number of quaternary nitrogens is 1. The lowest BCUT2D eigenvalue weighted by Gasteiger charge is -2.34. The van der Waals surface area contributed by atoms with E-state index in [-0.39, 0.29) is 12.6 Å². The van der Waals surface area contributed by atoms with Crippen LogP contribution in [0, 0.1) is 11.3 Å². The van der Waals surface area contributed by atoms with Gasteiger partial charge in [0.05, 0.1) is 0 Å². The number of guanidine groups is 1. The van der Waals surface area contributed by atoms with Crippen molar-refractivity contribution in [1.82, 2.24) is 0 Å². The van der Waals surface area contributed by atoms with Crippen LogP contribution in [0.3, 0.4) is 0 Å². The van der Waals surface area contributed by atoms with Crippen molar-refractivity contribution in [3.8, 4) is 0 Å². The van der Waals surface area contributed by atoms with E-state index in [9.17, 15) is 5.21 Å². The molecule has 0 bridgehead atoms. The minimum atomic E-state index is -0.393. The molecule has 0 unspecified atom stereocenters. The summed E-state index contributed by atoms with van der Waals surface area (Å²) in [5.41, 5.74) is 5.31. The molecule has 1 aliphatic rings. The molecule has 1 heterocycles. The van der Waals surface area contributed by atoms with Gasteiger partial charge in [0.15, 0.2) is 0 Å². The van der Waals surface area contributed by atoms with E-state index >= 15 is 0 Å². The van der Waals surface area contributed by atoms with Crippen molar-refractivity contribution < 1.29 is 15.0 Å². The van der Waals surface area contributed by atoms with Crippen molar-refractivity contribution in [2.24, 2.45) is 11.7 Å². The number of piperidine rings is 1. The zero-order valence-corrected chi connectivity index (χ0v) is 8.45. The molecule has 5 heteroatoms. The van der Waals surface area contributed by atoms with Gasteiger partial charge in [0.25, 0.3) is 0 Å². The predicted octanol–water partition coefficient (Wildman–Crippen LogP) is 0.268. The third-order valence-electron chi connectivity index (χ3n) is 3.03. The number of nitrogens with one attached hydrogen (secondary N) is 1. The molecule has 0 aliphatic carbocycles. The minimum Gasteiger partial charge on any atom is -0.396 e. The van der Waals surface area contributed by atoms with E-state index in [4.69, 9.17) is 16.2 Å². The first-order valence-corrected chi connectivity index (χ1v) is 5.14. The normalized spacial score (nSPS) is 32.9. The number of rotatable bonds is 3.